The van der Waals surface area contributed by atoms with Crippen LogP contribution in [0.25, 0.3) is 11.5 Å². The van der Waals surface area contributed by atoms with Gasteiger partial charge in [0.25, 0.3) is 5.92 Å². The average molecular weight is 362 g/mol. The van der Waals surface area contributed by atoms with Crippen molar-refractivity contribution in [3.63, 3.8) is 0 Å². The number of carbonyl (C=O) groups is 1. The van der Waals surface area contributed by atoms with E-state index in [0.717, 1.165) is 5.56 Å². The number of likely N-dealkylation sites (tertiary alicyclic amines) is 1. The minimum absolute atomic E-state index is 0.0899. The van der Waals surface area contributed by atoms with Gasteiger partial charge < -0.3 is 14.6 Å². The quantitative estimate of drug-likeness (QED) is 0.904. The van der Waals surface area contributed by atoms with Crippen molar-refractivity contribution in [2.45, 2.75) is 38.2 Å². The Balaban J connectivity index is 1.40. The number of anilines is 1. The Kier molecular flexibility index (Phi) is 3.93. The lowest BCUT2D eigenvalue weighted by Crippen LogP contribution is -2.54. The summed E-state index contributed by atoms with van der Waals surface area (Å²) in [5.74, 6) is -2.88. The molecule has 1 spiro atoms. The van der Waals surface area contributed by atoms with Crippen molar-refractivity contribution >= 4 is 11.9 Å². The number of carbonyl (C=O) groups excluding carboxylic acids is 1. The number of halogens is 2. The molecule has 2 heterocycles. The average Bonchev–Trinajstić information content (AvgIpc) is 3.29. The Morgan fingerprint density at radius 2 is 1.96 bits per heavy atom. The number of benzene rings is 1. The van der Waals surface area contributed by atoms with E-state index in [2.05, 4.69) is 15.5 Å². The van der Waals surface area contributed by atoms with Crippen LogP contribution in [0.5, 0.6) is 0 Å². The molecule has 1 unspecified atom stereocenters. The summed E-state index contributed by atoms with van der Waals surface area (Å²) in [5, 5.41) is 10.6. The fraction of sp³-hybridized carbons (Fsp3) is 0.500. The topological polar surface area (TPSA) is 71.3 Å². The van der Waals surface area contributed by atoms with E-state index in [1.54, 1.807) is 6.92 Å². The molecule has 1 aromatic heterocycles. The normalized spacial score (nSPS) is 21.4. The van der Waals surface area contributed by atoms with Gasteiger partial charge in [-0.3, -0.25) is 4.79 Å². The van der Waals surface area contributed by atoms with E-state index >= 15 is 0 Å². The lowest BCUT2D eigenvalue weighted by atomic mass is 9.89. The van der Waals surface area contributed by atoms with Crippen LogP contribution in [0, 0.1) is 5.41 Å². The highest BCUT2D eigenvalue weighted by molar-refractivity contribution is 5.84. The van der Waals surface area contributed by atoms with Crippen LogP contribution < -0.4 is 5.32 Å². The van der Waals surface area contributed by atoms with Crippen LogP contribution in [0.15, 0.2) is 34.7 Å². The maximum atomic E-state index is 14.3. The molecular weight excluding hydrogens is 342 g/mol. The molecule has 4 rings (SSSR count). The molecule has 1 saturated carbocycles. The molecule has 1 aromatic carbocycles. The zero-order chi connectivity index (χ0) is 18.4. The number of hydrogen-bond donors (Lipinski definition) is 1. The third-order valence-corrected chi connectivity index (χ3v) is 5.35. The third kappa shape index (κ3) is 2.93. The number of alkyl halides is 2. The predicted molar refractivity (Wildman–Crippen MR) is 90.6 cm³/mol. The molecule has 6 nitrogen and oxygen atoms in total. The first-order chi connectivity index (χ1) is 12.4. The van der Waals surface area contributed by atoms with Crippen molar-refractivity contribution in [3.8, 4) is 11.5 Å². The fourth-order valence-corrected chi connectivity index (χ4v) is 3.47. The van der Waals surface area contributed by atoms with E-state index in [-0.39, 0.29) is 11.9 Å². The summed E-state index contributed by atoms with van der Waals surface area (Å²) in [6, 6.07) is 8.59. The predicted octanol–water partition coefficient (Wildman–Crippen LogP) is 3.18. The minimum Gasteiger partial charge on any atom is -0.403 e. The highest BCUT2D eigenvalue weighted by Crippen LogP contribution is 2.61. The van der Waals surface area contributed by atoms with Crippen LogP contribution in [-0.4, -0.2) is 46.1 Å². The number of amides is 1. The zero-order valence-electron chi connectivity index (χ0n) is 14.4. The first-order valence-electron chi connectivity index (χ1n) is 8.72. The number of piperidine rings is 1. The summed E-state index contributed by atoms with van der Waals surface area (Å²) in [6.45, 7) is 1.45. The van der Waals surface area contributed by atoms with Crippen molar-refractivity contribution in [2.24, 2.45) is 5.41 Å². The molecule has 1 amide bonds. The van der Waals surface area contributed by atoms with E-state index in [0.29, 0.717) is 31.7 Å². The van der Waals surface area contributed by atoms with Crippen LogP contribution in [0.1, 0.15) is 26.2 Å². The van der Waals surface area contributed by atoms with Gasteiger partial charge in [-0.15, -0.1) is 5.10 Å². The van der Waals surface area contributed by atoms with Crippen molar-refractivity contribution in [1.82, 2.24) is 15.1 Å². The maximum Gasteiger partial charge on any atom is 0.316 e. The molecule has 2 fully saturated rings. The van der Waals surface area contributed by atoms with E-state index in [1.165, 1.54) is 4.90 Å². The molecule has 138 valence electrons. The highest BCUT2D eigenvalue weighted by atomic mass is 19.3. The smallest absolute Gasteiger partial charge is 0.316 e. The summed E-state index contributed by atoms with van der Waals surface area (Å²) < 4.78 is 34.1. The summed E-state index contributed by atoms with van der Waals surface area (Å²) in [7, 11) is 0. The Hall–Kier alpha value is -2.51. The summed E-state index contributed by atoms with van der Waals surface area (Å²) >= 11 is 0. The number of nitrogens with zero attached hydrogens (tertiary/aromatic N) is 3. The van der Waals surface area contributed by atoms with Gasteiger partial charge >= 0.3 is 6.01 Å². The Labute approximate surface area is 149 Å². The van der Waals surface area contributed by atoms with Crippen LogP contribution in [-0.2, 0) is 4.79 Å². The first kappa shape index (κ1) is 16.9. The van der Waals surface area contributed by atoms with Gasteiger partial charge in [-0.1, -0.05) is 23.3 Å². The van der Waals surface area contributed by atoms with Gasteiger partial charge in [0, 0.05) is 17.5 Å². The van der Waals surface area contributed by atoms with Gasteiger partial charge in [0.05, 0.1) is 6.54 Å². The molecule has 0 bridgehead atoms. The van der Waals surface area contributed by atoms with Crippen LogP contribution in [0.3, 0.4) is 0 Å². The lowest BCUT2D eigenvalue weighted by molar-refractivity contribution is -0.155. The maximum absolute atomic E-state index is 14.3. The number of hydrogen-bond acceptors (Lipinski definition) is 5. The van der Waals surface area contributed by atoms with Crippen molar-refractivity contribution in [2.75, 3.05) is 18.4 Å². The minimum atomic E-state index is -2.81. The highest BCUT2D eigenvalue weighted by Gasteiger charge is 2.64. The van der Waals surface area contributed by atoms with Gasteiger partial charge in [0.1, 0.15) is 6.04 Å². The molecule has 1 aliphatic carbocycles. The van der Waals surface area contributed by atoms with Crippen molar-refractivity contribution < 1.29 is 18.0 Å². The third-order valence-electron chi connectivity index (χ3n) is 5.35. The van der Waals surface area contributed by atoms with E-state index < -0.39 is 23.9 Å². The lowest BCUT2D eigenvalue weighted by Gasteiger charge is -2.39. The van der Waals surface area contributed by atoms with E-state index in [4.69, 9.17) is 4.42 Å². The van der Waals surface area contributed by atoms with Crippen LogP contribution >= 0.6 is 0 Å². The van der Waals surface area contributed by atoms with Gasteiger partial charge in [-0.25, -0.2) is 8.78 Å². The van der Waals surface area contributed by atoms with Gasteiger partial charge in [-0.2, -0.15) is 0 Å². The molecule has 1 N–H and O–H groups in total. The van der Waals surface area contributed by atoms with Gasteiger partial charge in [-0.05, 0) is 38.3 Å². The Morgan fingerprint density at radius 1 is 1.23 bits per heavy atom. The van der Waals surface area contributed by atoms with Crippen LogP contribution in [0.2, 0.25) is 0 Å². The largest absolute Gasteiger partial charge is 0.403 e. The summed E-state index contributed by atoms with van der Waals surface area (Å²) in [4.78, 5) is 13.8. The molecule has 2 aliphatic rings. The number of aromatic nitrogens is 2. The molecule has 1 aliphatic heterocycles. The van der Waals surface area contributed by atoms with Crippen LogP contribution in [0.4, 0.5) is 14.8 Å². The second-order valence-electron chi connectivity index (χ2n) is 7.14. The molecule has 0 radical (unpaired) electrons. The molecule has 8 heteroatoms. The zero-order valence-corrected chi connectivity index (χ0v) is 14.4. The number of rotatable bonds is 4. The number of nitrogens with one attached hydrogen (secondary N) is 1. The molecular formula is C18H20F2N4O2. The SMILES string of the molecule is CC(Nc1nnc(-c2ccccc2)o1)C(=O)N1CCC2(CC2)C(F)(F)C1. The van der Waals surface area contributed by atoms with Gasteiger partial charge in [0.2, 0.25) is 11.8 Å². The van der Waals surface area contributed by atoms with Crippen molar-refractivity contribution in [1.29, 1.82) is 0 Å². The monoisotopic (exact) mass is 362 g/mol. The molecule has 1 atom stereocenters. The fourth-order valence-electron chi connectivity index (χ4n) is 3.47. The second kappa shape index (κ2) is 6.03. The van der Waals surface area contributed by atoms with E-state index in [9.17, 15) is 13.6 Å². The molecule has 2 aromatic rings. The summed E-state index contributed by atoms with van der Waals surface area (Å²) in [6.07, 6.45) is 1.47. The van der Waals surface area contributed by atoms with Gasteiger partial charge in [0.15, 0.2) is 0 Å². The Morgan fingerprint density at radius 3 is 2.62 bits per heavy atom. The first-order valence-corrected chi connectivity index (χ1v) is 8.72. The van der Waals surface area contributed by atoms with Crippen molar-refractivity contribution in [3.05, 3.63) is 30.3 Å². The Bertz CT molecular complexity index is 805. The second-order valence-corrected chi connectivity index (χ2v) is 7.14. The molecule has 1 saturated heterocycles. The van der Waals surface area contributed by atoms with E-state index in [1.807, 2.05) is 30.3 Å². The molecule has 26 heavy (non-hydrogen) atoms. The summed E-state index contributed by atoms with van der Waals surface area (Å²) in [5.41, 5.74) is -0.102. The standard InChI is InChI=1S/C18H20F2N4O2/c1-12(15(25)24-10-9-17(7-8-17)18(19,20)11-24)21-16-23-22-14(26-16)13-5-3-2-4-6-13/h2-6,12H,7-11H2,1H3,(H,21,23).